The molecule has 96 valence electrons. The first kappa shape index (κ1) is 11.5. The van der Waals surface area contributed by atoms with Crippen LogP contribution in [0.25, 0.3) is 11.0 Å². The van der Waals surface area contributed by atoms with Crippen LogP contribution in [0.5, 0.6) is 5.75 Å². The van der Waals surface area contributed by atoms with Crippen LogP contribution < -0.4 is 5.32 Å². The van der Waals surface area contributed by atoms with Crippen LogP contribution in [0, 0.1) is 0 Å². The molecule has 0 bridgehead atoms. The molecule has 0 amide bonds. The molecule has 0 spiro atoms. The summed E-state index contributed by atoms with van der Waals surface area (Å²) in [6.07, 6.45) is 0. The summed E-state index contributed by atoms with van der Waals surface area (Å²) in [6.45, 7) is 6.33. The third-order valence-electron chi connectivity index (χ3n) is 3.58. The Morgan fingerprint density at radius 3 is 2.89 bits per heavy atom. The van der Waals surface area contributed by atoms with E-state index in [2.05, 4.69) is 27.1 Å². The summed E-state index contributed by atoms with van der Waals surface area (Å²) >= 11 is 0. The van der Waals surface area contributed by atoms with Crippen LogP contribution in [-0.2, 0) is 0 Å². The molecule has 1 aliphatic rings. The van der Waals surface area contributed by atoms with Crippen molar-refractivity contribution in [2.75, 3.05) is 26.2 Å². The predicted molar refractivity (Wildman–Crippen MR) is 70.6 cm³/mol. The fourth-order valence-corrected chi connectivity index (χ4v) is 2.46. The highest BCUT2D eigenvalue weighted by molar-refractivity contribution is 5.76. The van der Waals surface area contributed by atoms with Gasteiger partial charge in [-0.2, -0.15) is 0 Å². The van der Waals surface area contributed by atoms with Gasteiger partial charge >= 0.3 is 0 Å². The summed E-state index contributed by atoms with van der Waals surface area (Å²) in [5.41, 5.74) is 1.80. The van der Waals surface area contributed by atoms with Crippen molar-refractivity contribution in [3.8, 4) is 5.75 Å². The summed E-state index contributed by atoms with van der Waals surface area (Å²) in [4.78, 5) is 10.3. The lowest BCUT2D eigenvalue weighted by Gasteiger charge is -2.31. The predicted octanol–water partition coefficient (Wildman–Crippen LogP) is 1.23. The topological polar surface area (TPSA) is 64.2 Å². The van der Waals surface area contributed by atoms with Crippen molar-refractivity contribution in [1.82, 2.24) is 20.2 Å². The maximum absolute atomic E-state index is 9.46. The van der Waals surface area contributed by atoms with Gasteiger partial charge in [0.25, 0.3) is 0 Å². The van der Waals surface area contributed by atoms with Crippen molar-refractivity contribution in [3.05, 3.63) is 24.0 Å². The second-order valence-electron chi connectivity index (χ2n) is 4.79. The van der Waals surface area contributed by atoms with Crippen molar-refractivity contribution >= 4 is 11.0 Å². The molecule has 5 nitrogen and oxygen atoms in total. The number of rotatable bonds is 2. The highest BCUT2D eigenvalue weighted by atomic mass is 16.3. The van der Waals surface area contributed by atoms with Gasteiger partial charge in [-0.25, -0.2) is 4.98 Å². The van der Waals surface area contributed by atoms with E-state index in [0.717, 1.165) is 43.0 Å². The molecule has 1 saturated heterocycles. The van der Waals surface area contributed by atoms with Gasteiger partial charge in [-0.05, 0) is 19.1 Å². The first-order valence-electron chi connectivity index (χ1n) is 6.37. The number of hydrogen-bond donors (Lipinski definition) is 3. The molecule has 1 atom stereocenters. The van der Waals surface area contributed by atoms with Gasteiger partial charge in [0.2, 0.25) is 0 Å². The fraction of sp³-hybridized carbons (Fsp3) is 0.462. The number of aromatic amines is 1. The van der Waals surface area contributed by atoms with Gasteiger partial charge in [0.05, 0.1) is 17.1 Å². The zero-order valence-electron chi connectivity index (χ0n) is 10.5. The smallest absolute Gasteiger partial charge is 0.124 e. The Labute approximate surface area is 106 Å². The largest absolute Gasteiger partial charge is 0.508 e. The second-order valence-corrected chi connectivity index (χ2v) is 4.79. The number of nitrogens with one attached hydrogen (secondary N) is 2. The molecule has 1 aromatic heterocycles. The van der Waals surface area contributed by atoms with Gasteiger partial charge in [-0.15, -0.1) is 0 Å². The fourth-order valence-electron chi connectivity index (χ4n) is 2.46. The molecule has 0 aliphatic carbocycles. The SMILES string of the molecule is CC(c1nc2ccc(O)cc2[nH]1)N1CCNCC1. The molecule has 3 rings (SSSR count). The summed E-state index contributed by atoms with van der Waals surface area (Å²) < 4.78 is 0. The van der Waals surface area contributed by atoms with Crippen LogP contribution in [0.4, 0.5) is 0 Å². The number of imidazole rings is 1. The number of fused-ring (bicyclic) bond motifs is 1. The quantitative estimate of drug-likeness (QED) is 0.746. The standard InChI is InChI=1S/C13H18N4O/c1-9(17-6-4-14-5-7-17)13-15-11-3-2-10(18)8-12(11)16-13/h2-3,8-9,14,18H,4-7H2,1H3,(H,15,16). The first-order valence-corrected chi connectivity index (χ1v) is 6.37. The molecule has 2 heterocycles. The molecule has 18 heavy (non-hydrogen) atoms. The van der Waals surface area contributed by atoms with Crippen LogP contribution in [0.15, 0.2) is 18.2 Å². The molecule has 2 aromatic rings. The molecule has 3 N–H and O–H groups in total. The van der Waals surface area contributed by atoms with E-state index in [1.54, 1.807) is 12.1 Å². The van der Waals surface area contributed by atoms with Gasteiger partial charge in [0, 0.05) is 32.2 Å². The number of benzene rings is 1. The first-order chi connectivity index (χ1) is 8.74. The minimum atomic E-state index is 0.271. The number of hydrogen-bond acceptors (Lipinski definition) is 4. The van der Waals surface area contributed by atoms with Gasteiger partial charge < -0.3 is 15.4 Å². The molecule has 1 aromatic carbocycles. The van der Waals surface area contributed by atoms with Gasteiger partial charge in [0.15, 0.2) is 0 Å². The third kappa shape index (κ3) is 2.07. The van der Waals surface area contributed by atoms with Crippen molar-refractivity contribution in [2.24, 2.45) is 0 Å². The van der Waals surface area contributed by atoms with Crippen molar-refractivity contribution < 1.29 is 5.11 Å². The zero-order valence-corrected chi connectivity index (χ0v) is 10.5. The molecule has 5 heteroatoms. The number of phenols is 1. The number of phenolic OH excluding ortho intramolecular Hbond substituents is 1. The lowest BCUT2D eigenvalue weighted by atomic mass is 10.2. The van der Waals surface area contributed by atoms with Crippen LogP contribution in [-0.4, -0.2) is 46.2 Å². The van der Waals surface area contributed by atoms with Crippen LogP contribution >= 0.6 is 0 Å². The molecule has 0 radical (unpaired) electrons. The van der Waals surface area contributed by atoms with E-state index in [4.69, 9.17) is 0 Å². The van der Waals surface area contributed by atoms with Crippen LogP contribution in [0.1, 0.15) is 18.8 Å². The summed E-state index contributed by atoms with van der Waals surface area (Å²) in [5, 5.41) is 12.8. The Balaban J connectivity index is 1.88. The lowest BCUT2D eigenvalue weighted by Crippen LogP contribution is -2.44. The Morgan fingerprint density at radius 1 is 1.33 bits per heavy atom. The van der Waals surface area contributed by atoms with Gasteiger partial charge in [0.1, 0.15) is 11.6 Å². The minimum absolute atomic E-state index is 0.271. The van der Waals surface area contributed by atoms with Gasteiger partial charge in [-0.1, -0.05) is 0 Å². The third-order valence-corrected chi connectivity index (χ3v) is 3.58. The number of H-pyrrole nitrogens is 1. The number of aromatic nitrogens is 2. The molecule has 1 fully saturated rings. The Bertz CT molecular complexity index is 545. The molecular weight excluding hydrogens is 228 g/mol. The van der Waals surface area contributed by atoms with E-state index in [9.17, 15) is 5.11 Å². The second kappa shape index (κ2) is 4.59. The molecular formula is C13H18N4O. The maximum atomic E-state index is 9.46. The van der Waals surface area contributed by atoms with E-state index in [-0.39, 0.29) is 11.8 Å². The average Bonchev–Trinajstić information content (AvgIpc) is 2.81. The Morgan fingerprint density at radius 2 is 2.11 bits per heavy atom. The van der Waals surface area contributed by atoms with E-state index < -0.39 is 0 Å². The molecule has 0 saturated carbocycles. The number of nitrogens with zero attached hydrogens (tertiary/aromatic N) is 2. The van der Waals surface area contributed by atoms with Gasteiger partial charge in [-0.3, -0.25) is 4.90 Å². The highest BCUT2D eigenvalue weighted by Crippen LogP contribution is 2.23. The normalized spacial score (nSPS) is 19.2. The van der Waals surface area contributed by atoms with E-state index >= 15 is 0 Å². The maximum Gasteiger partial charge on any atom is 0.124 e. The highest BCUT2D eigenvalue weighted by Gasteiger charge is 2.20. The number of aromatic hydroxyl groups is 1. The van der Waals surface area contributed by atoms with Crippen molar-refractivity contribution in [3.63, 3.8) is 0 Å². The Kier molecular flexibility index (Phi) is 2.93. The van der Waals surface area contributed by atoms with E-state index in [0.29, 0.717) is 0 Å². The molecule has 1 aliphatic heterocycles. The van der Waals surface area contributed by atoms with Crippen LogP contribution in [0.2, 0.25) is 0 Å². The van der Waals surface area contributed by atoms with E-state index in [1.807, 2.05) is 6.07 Å². The monoisotopic (exact) mass is 246 g/mol. The van der Waals surface area contributed by atoms with Crippen molar-refractivity contribution in [2.45, 2.75) is 13.0 Å². The number of piperazine rings is 1. The summed E-state index contributed by atoms with van der Waals surface area (Å²) in [5.74, 6) is 1.24. The summed E-state index contributed by atoms with van der Waals surface area (Å²) in [6, 6.07) is 5.51. The zero-order chi connectivity index (χ0) is 12.5. The average molecular weight is 246 g/mol. The Hall–Kier alpha value is -1.59. The van der Waals surface area contributed by atoms with E-state index in [1.165, 1.54) is 0 Å². The summed E-state index contributed by atoms with van der Waals surface area (Å²) in [7, 11) is 0. The van der Waals surface area contributed by atoms with Crippen LogP contribution in [0.3, 0.4) is 0 Å². The minimum Gasteiger partial charge on any atom is -0.508 e. The van der Waals surface area contributed by atoms with Crippen molar-refractivity contribution in [1.29, 1.82) is 0 Å². The lowest BCUT2D eigenvalue weighted by molar-refractivity contribution is 0.180. The molecule has 1 unspecified atom stereocenters.